The molecule has 0 heterocycles. The summed E-state index contributed by atoms with van der Waals surface area (Å²) in [7, 11) is -1.92. The first-order valence-corrected chi connectivity index (χ1v) is 12.4. The van der Waals surface area contributed by atoms with E-state index in [0.717, 1.165) is 17.6 Å². The third-order valence-electron chi connectivity index (χ3n) is 6.49. The molecule has 1 aromatic rings. The van der Waals surface area contributed by atoms with Crippen molar-refractivity contribution in [3.05, 3.63) is 41.5 Å². The van der Waals surface area contributed by atoms with Crippen molar-refractivity contribution in [2.24, 2.45) is 11.3 Å². The molecule has 3 heteroatoms. The molecule has 1 saturated carbocycles. The minimum atomic E-state index is -1.92. The van der Waals surface area contributed by atoms with Gasteiger partial charge in [-0.2, -0.15) is 0 Å². The number of hydrogen-bond donors (Lipinski definition) is 0. The Balaban J connectivity index is 2.09. The molecule has 2 aliphatic carbocycles. The van der Waals surface area contributed by atoms with Crippen molar-refractivity contribution in [3.63, 3.8) is 0 Å². The molecule has 0 saturated heterocycles. The summed E-state index contributed by atoms with van der Waals surface area (Å²) in [6.45, 7) is 16.1. The van der Waals surface area contributed by atoms with E-state index in [-0.39, 0.29) is 16.6 Å². The summed E-state index contributed by atoms with van der Waals surface area (Å²) in [5.74, 6) is 0.651. The third-order valence-corrected chi connectivity index (χ3v) is 10.9. The van der Waals surface area contributed by atoms with Gasteiger partial charge in [0.1, 0.15) is 0 Å². The summed E-state index contributed by atoms with van der Waals surface area (Å²) in [5.41, 5.74) is 3.37. The van der Waals surface area contributed by atoms with E-state index in [9.17, 15) is 4.79 Å². The average molecular weight is 357 g/mol. The van der Waals surface area contributed by atoms with Crippen molar-refractivity contribution < 1.29 is 9.22 Å². The van der Waals surface area contributed by atoms with Gasteiger partial charge in [-0.15, -0.1) is 0 Å². The molecule has 0 aliphatic heterocycles. The van der Waals surface area contributed by atoms with Crippen LogP contribution in [0, 0.1) is 11.3 Å². The zero-order valence-corrected chi connectivity index (χ0v) is 17.8. The molecule has 0 unspecified atom stereocenters. The minimum absolute atomic E-state index is 0.0556. The second kappa shape index (κ2) is 5.92. The maximum Gasteiger partial charge on any atom is 0.192 e. The zero-order chi connectivity index (χ0) is 18.6. The first-order chi connectivity index (χ1) is 11.4. The predicted octanol–water partition coefficient (Wildman–Crippen LogP) is 5.85. The lowest BCUT2D eigenvalue weighted by Gasteiger charge is -2.42. The van der Waals surface area contributed by atoms with Gasteiger partial charge in [-0.25, -0.2) is 0 Å². The molecule has 25 heavy (non-hydrogen) atoms. The van der Waals surface area contributed by atoms with Crippen LogP contribution in [0.25, 0.3) is 5.57 Å². The van der Waals surface area contributed by atoms with Gasteiger partial charge in [0.05, 0.1) is 6.10 Å². The second-order valence-corrected chi connectivity index (χ2v) is 14.7. The third kappa shape index (κ3) is 3.17. The maximum atomic E-state index is 12.8. The Hall–Kier alpha value is -1.19. The van der Waals surface area contributed by atoms with Gasteiger partial charge in [0.25, 0.3) is 0 Å². The number of ketones is 1. The fraction of sp³-hybridized carbons (Fsp3) is 0.591. The van der Waals surface area contributed by atoms with E-state index in [1.807, 2.05) is 18.2 Å². The van der Waals surface area contributed by atoms with Gasteiger partial charge in [0.15, 0.2) is 14.1 Å². The molecule has 0 aromatic heterocycles. The number of allylic oxidation sites excluding steroid dienone is 1. The molecule has 1 aromatic carbocycles. The van der Waals surface area contributed by atoms with Gasteiger partial charge in [-0.1, -0.05) is 65.0 Å². The maximum absolute atomic E-state index is 12.8. The monoisotopic (exact) mass is 356 g/mol. The smallest absolute Gasteiger partial charge is 0.192 e. The fourth-order valence-corrected chi connectivity index (χ4v) is 5.51. The average Bonchev–Trinajstić information content (AvgIpc) is 2.90. The number of benzene rings is 1. The molecule has 0 spiro atoms. The van der Waals surface area contributed by atoms with Gasteiger partial charge in [-0.3, -0.25) is 4.79 Å². The molecule has 2 nitrogen and oxygen atoms in total. The van der Waals surface area contributed by atoms with Crippen LogP contribution >= 0.6 is 0 Å². The minimum Gasteiger partial charge on any atom is -0.410 e. The largest absolute Gasteiger partial charge is 0.410 e. The standard InChI is InChI=1S/C22H32O2Si/c1-21(2,3)25(6,7)24-20-19-16(14-22(20,4)5)13-17(23)18(19)15-11-9-8-10-12-15/h8-12,16,20H,13-14H2,1-7H3/t16-,20+/m0/s1. The first kappa shape index (κ1) is 18.6. The Morgan fingerprint density at radius 2 is 1.72 bits per heavy atom. The number of fused-ring (bicyclic) bond motifs is 1. The van der Waals surface area contributed by atoms with Crippen LogP contribution in [0.1, 0.15) is 53.0 Å². The molecule has 1 fully saturated rings. The molecule has 0 amide bonds. The van der Waals surface area contributed by atoms with Gasteiger partial charge < -0.3 is 4.43 Å². The molecular formula is C22H32O2Si. The highest BCUT2D eigenvalue weighted by Crippen LogP contribution is 2.56. The zero-order valence-electron chi connectivity index (χ0n) is 16.8. The van der Waals surface area contributed by atoms with Crippen LogP contribution < -0.4 is 0 Å². The highest BCUT2D eigenvalue weighted by atomic mass is 28.4. The van der Waals surface area contributed by atoms with E-state index in [0.29, 0.717) is 18.1 Å². The SMILES string of the molecule is CC1(C)C[C@@H]2CC(=O)C(c3ccccc3)=C2[C@H]1O[Si](C)(C)C(C)(C)C. The summed E-state index contributed by atoms with van der Waals surface area (Å²) < 4.78 is 6.92. The van der Waals surface area contributed by atoms with Crippen LogP contribution in [0.2, 0.25) is 18.1 Å². The molecule has 0 radical (unpaired) electrons. The highest BCUT2D eigenvalue weighted by molar-refractivity contribution is 6.74. The Kier molecular flexibility index (Phi) is 4.40. The van der Waals surface area contributed by atoms with Gasteiger partial charge in [0, 0.05) is 12.0 Å². The van der Waals surface area contributed by atoms with Gasteiger partial charge in [0.2, 0.25) is 0 Å². The molecule has 3 rings (SSSR count). The molecule has 2 atom stereocenters. The number of carbonyl (C=O) groups is 1. The molecular weight excluding hydrogens is 324 g/mol. The van der Waals surface area contributed by atoms with E-state index in [4.69, 9.17) is 4.43 Å². The van der Waals surface area contributed by atoms with Crippen LogP contribution in [-0.4, -0.2) is 20.2 Å². The van der Waals surface area contributed by atoms with Crippen molar-refractivity contribution in [1.29, 1.82) is 0 Å². The van der Waals surface area contributed by atoms with Crippen molar-refractivity contribution in [2.75, 3.05) is 0 Å². The first-order valence-electron chi connectivity index (χ1n) is 9.44. The highest BCUT2D eigenvalue weighted by Gasteiger charge is 2.53. The lowest BCUT2D eigenvalue weighted by molar-refractivity contribution is -0.113. The normalized spacial score (nSPS) is 26.3. The Labute approximate surface area is 153 Å². The van der Waals surface area contributed by atoms with Gasteiger partial charge in [-0.05, 0) is 47.0 Å². The van der Waals surface area contributed by atoms with Crippen LogP contribution in [0.4, 0.5) is 0 Å². The van der Waals surface area contributed by atoms with E-state index in [2.05, 4.69) is 59.8 Å². The van der Waals surface area contributed by atoms with Crippen molar-refractivity contribution in [2.45, 2.75) is 71.7 Å². The van der Waals surface area contributed by atoms with Gasteiger partial charge >= 0.3 is 0 Å². The predicted molar refractivity (Wildman–Crippen MR) is 107 cm³/mol. The van der Waals surface area contributed by atoms with Crippen LogP contribution in [0.5, 0.6) is 0 Å². The molecule has 2 aliphatic rings. The van der Waals surface area contributed by atoms with Crippen molar-refractivity contribution in [1.82, 2.24) is 0 Å². The van der Waals surface area contributed by atoms with E-state index >= 15 is 0 Å². The van der Waals surface area contributed by atoms with Crippen molar-refractivity contribution in [3.8, 4) is 0 Å². The van der Waals surface area contributed by atoms with E-state index in [1.165, 1.54) is 5.57 Å². The van der Waals surface area contributed by atoms with Crippen LogP contribution in [0.15, 0.2) is 35.9 Å². The quantitative estimate of drug-likeness (QED) is 0.635. The summed E-state index contributed by atoms with van der Waals surface area (Å²) >= 11 is 0. The summed E-state index contributed by atoms with van der Waals surface area (Å²) in [4.78, 5) is 12.8. The Bertz CT molecular complexity index is 707. The van der Waals surface area contributed by atoms with Crippen LogP contribution in [0.3, 0.4) is 0 Å². The molecule has 0 bridgehead atoms. The summed E-state index contributed by atoms with van der Waals surface area (Å²) in [6.07, 6.45) is 1.75. The lowest BCUT2D eigenvalue weighted by Crippen LogP contribution is -2.47. The molecule has 136 valence electrons. The van der Waals surface area contributed by atoms with E-state index < -0.39 is 8.32 Å². The number of Topliss-reactive ketones (excluding diaryl/α,β-unsaturated/α-hetero) is 1. The number of hydrogen-bond acceptors (Lipinski definition) is 2. The number of rotatable bonds is 3. The fourth-order valence-electron chi connectivity index (χ4n) is 4.12. The molecule has 0 N–H and O–H groups in total. The Morgan fingerprint density at radius 1 is 1.12 bits per heavy atom. The number of carbonyl (C=O) groups excluding carboxylic acids is 1. The second-order valence-electron chi connectivity index (χ2n) is 9.97. The van der Waals surface area contributed by atoms with E-state index in [1.54, 1.807) is 0 Å². The van der Waals surface area contributed by atoms with Crippen molar-refractivity contribution >= 4 is 19.7 Å². The topological polar surface area (TPSA) is 26.3 Å². The van der Waals surface area contributed by atoms with Crippen LogP contribution in [-0.2, 0) is 9.22 Å². The Morgan fingerprint density at radius 3 is 2.28 bits per heavy atom. The summed E-state index contributed by atoms with van der Waals surface area (Å²) in [5, 5.41) is 0.164. The lowest BCUT2D eigenvalue weighted by atomic mass is 9.86. The summed E-state index contributed by atoms with van der Waals surface area (Å²) in [6, 6.07) is 10.2.